The molecule has 17 heavy (non-hydrogen) atoms. The van der Waals surface area contributed by atoms with E-state index in [0.29, 0.717) is 5.41 Å². The summed E-state index contributed by atoms with van der Waals surface area (Å²) in [6, 6.07) is 6.82. The highest BCUT2D eigenvalue weighted by Gasteiger charge is 2.43. The van der Waals surface area contributed by atoms with Crippen LogP contribution < -0.4 is 5.32 Å². The zero-order valence-electron chi connectivity index (χ0n) is 10.8. The highest BCUT2D eigenvalue weighted by Crippen LogP contribution is 2.48. The van der Waals surface area contributed by atoms with Crippen LogP contribution in [0.5, 0.6) is 0 Å². The Morgan fingerprint density at radius 3 is 3.12 bits per heavy atom. The molecule has 0 radical (unpaired) electrons. The van der Waals surface area contributed by atoms with Crippen LogP contribution in [0.25, 0.3) is 6.08 Å². The van der Waals surface area contributed by atoms with Crippen LogP contribution in [0, 0.1) is 5.41 Å². The topological polar surface area (TPSA) is 12.0 Å². The molecule has 1 N–H and O–H groups in total. The lowest BCUT2D eigenvalue weighted by Gasteiger charge is -2.37. The van der Waals surface area contributed by atoms with E-state index in [9.17, 15) is 0 Å². The maximum Gasteiger partial charge on any atom is 0.00324 e. The molecule has 1 nitrogen and oxygen atoms in total. The highest BCUT2D eigenvalue weighted by atomic mass is 14.9. The summed E-state index contributed by atoms with van der Waals surface area (Å²) < 4.78 is 0. The summed E-state index contributed by atoms with van der Waals surface area (Å²) in [6.07, 6.45) is 6.97. The molecule has 0 aromatic heterocycles. The summed E-state index contributed by atoms with van der Waals surface area (Å²) in [7, 11) is 0. The second-order valence-electron chi connectivity index (χ2n) is 5.75. The van der Waals surface area contributed by atoms with Crippen molar-refractivity contribution in [3.05, 3.63) is 41.0 Å². The second-order valence-corrected chi connectivity index (χ2v) is 5.75. The molecule has 3 rings (SSSR count). The van der Waals surface area contributed by atoms with Gasteiger partial charge in [-0.05, 0) is 41.9 Å². The summed E-state index contributed by atoms with van der Waals surface area (Å²) in [5.74, 6) is 0.719. The second kappa shape index (κ2) is 3.99. The summed E-state index contributed by atoms with van der Waals surface area (Å²) in [6.45, 7) is 6.89. The van der Waals surface area contributed by atoms with Gasteiger partial charge < -0.3 is 5.32 Å². The summed E-state index contributed by atoms with van der Waals surface area (Å²) >= 11 is 0. The van der Waals surface area contributed by atoms with Gasteiger partial charge in [-0.2, -0.15) is 0 Å². The number of rotatable bonds is 1. The van der Waals surface area contributed by atoms with Crippen LogP contribution in [0.3, 0.4) is 0 Å². The van der Waals surface area contributed by atoms with Gasteiger partial charge in [-0.1, -0.05) is 37.3 Å². The molecule has 1 heteroatoms. The molecule has 2 unspecified atom stereocenters. The van der Waals surface area contributed by atoms with E-state index < -0.39 is 0 Å². The van der Waals surface area contributed by atoms with Crippen LogP contribution in [0.15, 0.2) is 24.3 Å². The first kappa shape index (κ1) is 11.0. The number of hydrogen-bond donors (Lipinski definition) is 1. The van der Waals surface area contributed by atoms with Crippen LogP contribution in [0.4, 0.5) is 0 Å². The maximum absolute atomic E-state index is 3.58. The summed E-state index contributed by atoms with van der Waals surface area (Å²) in [5.41, 5.74) is 5.11. The van der Waals surface area contributed by atoms with Crippen molar-refractivity contribution in [2.24, 2.45) is 5.41 Å². The van der Waals surface area contributed by atoms with E-state index in [1.54, 1.807) is 11.1 Å². The van der Waals surface area contributed by atoms with Gasteiger partial charge in [0.05, 0.1) is 0 Å². The van der Waals surface area contributed by atoms with E-state index in [-0.39, 0.29) is 0 Å². The van der Waals surface area contributed by atoms with Gasteiger partial charge in [-0.25, -0.2) is 0 Å². The van der Waals surface area contributed by atoms with Crippen molar-refractivity contribution >= 4 is 6.08 Å². The maximum atomic E-state index is 3.58. The first-order valence-electron chi connectivity index (χ1n) is 6.70. The predicted octanol–water partition coefficient (Wildman–Crippen LogP) is 3.36. The Bertz CT molecular complexity index is 461. The predicted molar refractivity (Wildman–Crippen MR) is 73.2 cm³/mol. The van der Waals surface area contributed by atoms with Gasteiger partial charge in [-0.3, -0.25) is 0 Å². The molecule has 1 heterocycles. The van der Waals surface area contributed by atoms with Crippen molar-refractivity contribution in [2.75, 3.05) is 13.1 Å². The van der Waals surface area contributed by atoms with Crippen molar-refractivity contribution in [1.29, 1.82) is 0 Å². The fourth-order valence-corrected chi connectivity index (χ4v) is 3.60. The van der Waals surface area contributed by atoms with Gasteiger partial charge in [-0.15, -0.1) is 0 Å². The first-order chi connectivity index (χ1) is 8.24. The van der Waals surface area contributed by atoms with Gasteiger partial charge in [0.15, 0.2) is 0 Å². The zero-order chi connectivity index (χ0) is 11.9. The Balaban J connectivity index is 2.10. The van der Waals surface area contributed by atoms with Crippen LogP contribution >= 0.6 is 0 Å². The lowest BCUT2D eigenvalue weighted by molar-refractivity contribution is 0.277. The SMILES string of the molecule is C/C=C\c1cccc2c1CCC1(C)CNCC21. The van der Waals surface area contributed by atoms with Crippen molar-refractivity contribution in [2.45, 2.75) is 32.6 Å². The fourth-order valence-electron chi connectivity index (χ4n) is 3.60. The van der Waals surface area contributed by atoms with Gasteiger partial charge >= 0.3 is 0 Å². The minimum atomic E-state index is 0.488. The number of allylic oxidation sites excluding steroid dienone is 1. The third kappa shape index (κ3) is 1.64. The molecule has 2 aliphatic rings. The van der Waals surface area contributed by atoms with Crippen LogP contribution in [-0.2, 0) is 6.42 Å². The van der Waals surface area contributed by atoms with Gasteiger partial charge in [0, 0.05) is 19.0 Å². The molecule has 0 amide bonds. The average Bonchev–Trinajstić information content (AvgIpc) is 2.72. The standard InChI is InChI=1S/C16H21N/c1-3-5-12-6-4-7-14-13(12)8-9-16(2)11-17-10-15(14)16/h3-7,15,17H,8-11H2,1-2H3/b5-3-. The number of fused-ring (bicyclic) bond motifs is 3. The van der Waals surface area contributed by atoms with Gasteiger partial charge in [0.1, 0.15) is 0 Å². The Kier molecular flexibility index (Phi) is 2.59. The summed E-state index contributed by atoms with van der Waals surface area (Å²) in [4.78, 5) is 0. The third-order valence-corrected chi connectivity index (χ3v) is 4.63. The van der Waals surface area contributed by atoms with Gasteiger partial charge in [0.25, 0.3) is 0 Å². The average molecular weight is 227 g/mol. The Morgan fingerprint density at radius 2 is 2.29 bits per heavy atom. The van der Waals surface area contributed by atoms with Crippen molar-refractivity contribution in [3.63, 3.8) is 0 Å². The lowest BCUT2D eigenvalue weighted by Crippen LogP contribution is -2.30. The van der Waals surface area contributed by atoms with E-state index in [1.807, 2.05) is 0 Å². The number of benzene rings is 1. The number of nitrogens with one attached hydrogen (secondary N) is 1. The van der Waals surface area contributed by atoms with E-state index in [2.05, 4.69) is 49.5 Å². The molecule has 0 saturated carbocycles. The molecule has 90 valence electrons. The van der Waals surface area contributed by atoms with Crippen LogP contribution in [0.1, 0.15) is 42.9 Å². The molecule has 2 atom stereocenters. The highest BCUT2D eigenvalue weighted by molar-refractivity contribution is 5.57. The number of hydrogen-bond acceptors (Lipinski definition) is 1. The monoisotopic (exact) mass is 227 g/mol. The van der Waals surface area contributed by atoms with Crippen LogP contribution in [0.2, 0.25) is 0 Å². The molecular formula is C16H21N. The molecule has 1 saturated heterocycles. The van der Waals surface area contributed by atoms with E-state index in [4.69, 9.17) is 0 Å². The summed E-state index contributed by atoms with van der Waals surface area (Å²) in [5, 5.41) is 3.58. The fraction of sp³-hybridized carbons (Fsp3) is 0.500. The normalized spacial score (nSPS) is 31.5. The largest absolute Gasteiger partial charge is 0.316 e. The molecule has 1 aliphatic heterocycles. The molecule has 0 bridgehead atoms. The quantitative estimate of drug-likeness (QED) is 0.775. The van der Waals surface area contributed by atoms with Crippen molar-refractivity contribution in [1.82, 2.24) is 5.32 Å². The smallest absolute Gasteiger partial charge is 0.00324 e. The van der Waals surface area contributed by atoms with E-state index >= 15 is 0 Å². The lowest BCUT2D eigenvalue weighted by atomic mass is 9.66. The first-order valence-corrected chi connectivity index (χ1v) is 6.70. The van der Waals surface area contributed by atoms with Crippen molar-refractivity contribution < 1.29 is 0 Å². The molecular weight excluding hydrogens is 206 g/mol. The Labute approximate surface area is 104 Å². The molecule has 1 aromatic rings. The third-order valence-electron chi connectivity index (χ3n) is 4.63. The minimum absolute atomic E-state index is 0.488. The Morgan fingerprint density at radius 1 is 1.41 bits per heavy atom. The van der Waals surface area contributed by atoms with E-state index in [1.165, 1.54) is 24.9 Å². The molecule has 0 spiro atoms. The minimum Gasteiger partial charge on any atom is -0.316 e. The van der Waals surface area contributed by atoms with Gasteiger partial charge in [0.2, 0.25) is 0 Å². The van der Waals surface area contributed by atoms with E-state index in [0.717, 1.165) is 12.5 Å². The molecule has 1 aromatic carbocycles. The van der Waals surface area contributed by atoms with Crippen molar-refractivity contribution in [3.8, 4) is 0 Å². The van der Waals surface area contributed by atoms with Crippen LogP contribution in [-0.4, -0.2) is 13.1 Å². The zero-order valence-corrected chi connectivity index (χ0v) is 10.8. The molecule has 1 fully saturated rings. The Hall–Kier alpha value is -1.08. The molecule has 1 aliphatic carbocycles.